The van der Waals surface area contributed by atoms with Crippen LogP contribution in [-0.4, -0.2) is 44.3 Å². The number of sulfonamides is 1. The third-order valence-corrected chi connectivity index (χ3v) is 8.50. The number of carbonyl (C=O) groups excluding carboxylic acids is 2. The molecule has 1 N–H and O–H groups in total. The minimum absolute atomic E-state index is 0.0284. The standard InChI is InChI=1S/C27H28Cl3N3O4S/c1-4-31-27(35)19(3)32(16-20-7-8-22(29)15-25(20)30)26(34)17-33(23-11-5-18(2)6-12-23)38(36,37)24-13-9-21(28)10-14-24/h5-15,19H,4,16-17H2,1-3H3,(H,31,35)/t19-/m1/s1. The highest BCUT2D eigenvalue weighted by Gasteiger charge is 2.32. The molecule has 7 nitrogen and oxygen atoms in total. The number of hydrogen-bond acceptors (Lipinski definition) is 4. The number of benzene rings is 3. The number of nitrogens with one attached hydrogen (secondary N) is 1. The van der Waals surface area contributed by atoms with Gasteiger partial charge in [0.15, 0.2) is 0 Å². The van der Waals surface area contributed by atoms with Gasteiger partial charge in [0.05, 0.1) is 10.6 Å². The molecule has 0 saturated heterocycles. The van der Waals surface area contributed by atoms with E-state index < -0.39 is 28.5 Å². The Balaban J connectivity index is 2.04. The van der Waals surface area contributed by atoms with E-state index in [2.05, 4.69) is 5.32 Å². The molecule has 202 valence electrons. The van der Waals surface area contributed by atoms with Gasteiger partial charge >= 0.3 is 0 Å². The van der Waals surface area contributed by atoms with Crippen molar-refractivity contribution in [2.75, 3.05) is 17.4 Å². The van der Waals surface area contributed by atoms with Crippen LogP contribution in [0.4, 0.5) is 5.69 Å². The Morgan fingerprint density at radius 3 is 2.11 bits per heavy atom. The second-order valence-electron chi connectivity index (χ2n) is 8.63. The predicted molar refractivity (Wildman–Crippen MR) is 152 cm³/mol. The number of halogens is 3. The summed E-state index contributed by atoms with van der Waals surface area (Å²) in [5.74, 6) is -0.971. The molecule has 3 aromatic rings. The predicted octanol–water partition coefficient (Wildman–Crippen LogP) is 5.70. The first-order valence-corrected chi connectivity index (χ1v) is 14.4. The third kappa shape index (κ3) is 7.20. The lowest BCUT2D eigenvalue weighted by Crippen LogP contribution is -2.51. The highest BCUT2D eigenvalue weighted by Crippen LogP contribution is 2.27. The number of carbonyl (C=O) groups is 2. The van der Waals surface area contributed by atoms with Crippen molar-refractivity contribution in [2.24, 2.45) is 0 Å². The zero-order valence-electron chi connectivity index (χ0n) is 21.1. The van der Waals surface area contributed by atoms with Crippen LogP contribution in [0, 0.1) is 6.92 Å². The lowest BCUT2D eigenvalue weighted by Gasteiger charge is -2.32. The van der Waals surface area contributed by atoms with Crippen LogP contribution in [0.5, 0.6) is 0 Å². The van der Waals surface area contributed by atoms with Crippen molar-refractivity contribution in [3.63, 3.8) is 0 Å². The number of nitrogens with zero attached hydrogens (tertiary/aromatic N) is 2. The van der Waals surface area contributed by atoms with Gasteiger partial charge in [-0.05, 0) is 74.9 Å². The first kappa shape index (κ1) is 29.8. The highest BCUT2D eigenvalue weighted by atomic mass is 35.5. The van der Waals surface area contributed by atoms with Crippen molar-refractivity contribution in [3.8, 4) is 0 Å². The van der Waals surface area contributed by atoms with Crippen molar-refractivity contribution in [1.82, 2.24) is 10.2 Å². The van der Waals surface area contributed by atoms with Crippen LogP contribution in [0.15, 0.2) is 71.6 Å². The minimum atomic E-state index is -4.17. The quantitative estimate of drug-likeness (QED) is 0.325. The monoisotopic (exact) mass is 595 g/mol. The van der Waals surface area contributed by atoms with Gasteiger partial charge in [0, 0.05) is 28.2 Å². The summed E-state index contributed by atoms with van der Waals surface area (Å²) in [4.78, 5) is 27.8. The van der Waals surface area contributed by atoms with E-state index in [1.165, 1.54) is 29.2 Å². The molecule has 0 bridgehead atoms. The number of aryl methyl sites for hydroxylation is 1. The molecule has 2 amide bonds. The maximum absolute atomic E-state index is 13.8. The van der Waals surface area contributed by atoms with Crippen molar-refractivity contribution < 1.29 is 18.0 Å². The molecule has 1 atom stereocenters. The largest absolute Gasteiger partial charge is 0.355 e. The van der Waals surface area contributed by atoms with E-state index in [1.807, 2.05) is 6.92 Å². The van der Waals surface area contributed by atoms with Crippen LogP contribution < -0.4 is 9.62 Å². The first-order valence-electron chi connectivity index (χ1n) is 11.8. The van der Waals surface area contributed by atoms with Crippen molar-refractivity contribution in [1.29, 1.82) is 0 Å². The number of amides is 2. The van der Waals surface area contributed by atoms with Crippen LogP contribution in [0.3, 0.4) is 0 Å². The Bertz CT molecular complexity index is 1400. The Morgan fingerprint density at radius 1 is 0.921 bits per heavy atom. The van der Waals surface area contributed by atoms with Crippen LogP contribution in [0.25, 0.3) is 0 Å². The average molecular weight is 597 g/mol. The lowest BCUT2D eigenvalue weighted by molar-refractivity contribution is -0.139. The van der Waals surface area contributed by atoms with E-state index in [0.29, 0.717) is 32.9 Å². The average Bonchev–Trinajstić information content (AvgIpc) is 2.87. The molecule has 3 rings (SSSR count). The summed E-state index contributed by atoms with van der Waals surface area (Å²) < 4.78 is 28.5. The van der Waals surface area contributed by atoms with Crippen molar-refractivity contribution in [2.45, 2.75) is 38.3 Å². The van der Waals surface area contributed by atoms with E-state index in [0.717, 1.165) is 9.87 Å². The molecule has 0 aliphatic heterocycles. The van der Waals surface area contributed by atoms with Gasteiger partial charge in [-0.2, -0.15) is 0 Å². The Hall–Kier alpha value is -2.78. The normalized spacial score (nSPS) is 12.1. The Morgan fingerprint density at radius 2 is 1.53 bits per heavy atom. The molecule has 0 aromatic heterocycles. The fraction of sp³-hybridized carbons (Fsp3) is 0.259. The van der Waals surface area contributed by atoms with Crippen molar-refractivity contribution >= 4 is 62.3 Å². The topological polar surface area (TPSA) is 86.8 Å². The fourth-order valence-corrected chi connectivity index (χ4v) is 5.72. The zero-order chi connectivity index (χ0) is 28.0. The van der Waals surface area contributed by atoms with Gasteiger partial charge in [-0.3, -0.25) is 13.9 Å². The highest BCUT2D eigenvalue weighted by molar-refractivity contribution is 7.92. The molecular weight excluding hydrogens is 569 g/mol. The van der Waals surface area contributed by atoms with Crippen LogP contribution in [0.2, 0.25) is 15.1 Å². The minimum Gasteiger partial charge on any atom is -0.355 e. The summed E-state index contributed by atoms with van der Waals surface area (Å²) in [5, 5.41) is 3.84. The zero-order valence-corrected chi connectivity index (χ0v) is 24.2. The van der Waals surface area contributed by atoms with E-state index in [-0.39, 0.29) is 17.3 Å². The van der Waals surface area contributed by atoms with E-state index >= 15 is 0 Å². The molecule has 0 radical (unpaired) electrons. The maximum atomic E-state index is 13.8. The van der Waals surface area contributed by atoms with Gasteiger partial charge in [-0.25, -0.2) is 8.42 Å². The Kier molecular flexibility index (Phi) is 10.1. The molecular formula is C27H28Cl3N3O4S. The summed E-state index contributed by atoms with van der Waals surface area (Å²) in [6.45, 7) is 5.01. The van der Waals surface area contributed by atoms with Crippen LogP contribution in [0.1, 0.15) is 25.0 Å². The fourth-order valence-electron chi connectivity index (χ4n) is 3.71. The van der Waals surface area contributed by atoms with E-state index in [4.69, 9.17) is 34.8 Å². The molecule has 0 aliphatic carbocycles. The van der Waals surface area contributed by atoms with Gasteiger partial charge in [0.1, 0.15) is 12.6 Å². The molecule has 0 fully saturated rings. The SMILES string of the molecule is CCNC(=O)[C@@H](C)N(Cc1ccc(Cl)cc1Cl)C(=O)CN(c1ccc(C)cc1)S(=O)(=O)c1ccc(Cl)cc1. The van der Waals surface area contributed by atoms with Gasteiger partial charge in [-0.15, -0.1) is 0 Å². The molecule has 0 spiro atoms. The molecule has 0 unspecified atom stereocenters. The summed E-state index contributed by atoms with van der Waals surface area (Å²) in [5.41, 5.74) is 1.78. The molecule has 3 aromatic carbocycles. The second-order valence-corrected chi connectivity index (χ2v) is 11.8. The van der Waals surface area contributed by atoms with Gasteiger partial charge in [-0.1, -0.05) is 58.6 Å². The van der Waals surface area contributed by atoms with Gasteiger partial charge in [0.2, 0.25) is 11.8 Å². The number of anilines is 1. The maximum Gasteiger partial charge on any atom is 0.264 e. The summed E-state index contributed by atoms with van der Waals surface area (Å²) in [6, 6.07) is 16.4. The summed E-state index contributed by atoms with van der Waals surface area (Å²) in [6.07, 6.45) is 0. The van der Waals surface area contributed by atoms with Crippen molar-refractivity contribution in [3.05, 3.63) is 92.9 Å². The van der Waals surface area contributed by atoms with E-state index in [1.54, 1.807) is 56.3 Å². The number of hydrogen-bond donors (Lipinski definition) is 1. The molecule has 0 aliphatic rings. The van der Waals surface area contributed by atoms with Gasteiger partial charge in [0.25, 0.3) is 10.0 Å². The smallest absolute Gasteiger partial charge is 0.264 e. The number of rotatable bonds is 10. The molecule has 0 heterocycles. The summed E-state index contributed by atoms with van der Waals surface area (Å²) >= 11 is 18.4. The van der Waals surface area contributed by atoms with Gasteiger partial charge < -0.3 is 10.2 Å². The molecule has 38 heavy (non-hydrogen) atoms. The molecule has 0 saturated carbocycles. The third-order valence-electron chi connectivity index (χ3n) is 5.88. The van der Waals surface area contributed by atoms with E-state index in [9.17, 15) is 18.0 Å². The number of likely N-dealkylation sites (N-methyl/N-ethyl adjacent to an activating group) is 1. The van der Waals surface area contributed by atoms with Crippen LogP contribution >= 0.6 is 34.8 Å². The van der Waals surface area contributed by atoms with Crippen LogP contribution in [-0.2, 0) is 26.2 Å². The lowest BCUT2D eigenvalue weighted by atomic mass is 10.1. The Labute approximate surface area is 238 Å². The summed E-state index contributed by atoms with van der Waals surface area (Å²) in [7, 11) is -4.17. The first-order chi connectivity index (χ1) is 17.9. The molecule has 11 heteroatoms. The second kappa shape index (κ2) is 12.8.